The number of nitrogens with one attached hydrogen (secondary N) is 1. The Morgan fingerprint density at radius 2 is 2.14 bits per heavy atom. The van der Waals surface area contributed by atoms with Gasteiger partial charge in [-0.3, -0.25) is 9.78 Å². The van der Waals surface area contributed by atoms with Crippen LogP contribution in [0.1, 0.15) is 42.5 Å². The van der Waals surface area contributed by atoms with Gasteiger partial charge in [-0.25, -0.2) is 0 Å². The van der Waals surface area contributed by atoms with E-state index in [1.54, 1.807) is 12.4 Å². The second-order valence-electron chi connectivity index (χ2n) is 6.65. The summed E-state index contributed by atoms with van der Waals surface area (Å²) in [5, 5.41) is 3.27. The lowest BCUT2D eigenvalue weighted by molar-refractivity contribution is -0.0784. The van der Waals surface area contributed by atoms with E-state index in [0.717, 1.165) is 18.9 Å². The number of fused-ring (bicyclic) bond motifs is 1. The molecule has 4 rings (SSSR count). The first-order valence-electron chi connectivity index (χ1n) is 8.17. The number of carbonyl (C=O) groups excluding carboxylic acids is 1. The number of hydrogen-bond acceptors (Lipinski definition) is 3. The Morgan fingerprint density at radius 3 is 2.90 bits per heavy atom. The van der Waals surface area contributed by atoms with Crippen molar-refractivity contribution in [1.82, 2.24) is 10.3 Å². The largest absolute Gasteiger partial charge is 0.377 e. The summed E-state index contributed by atoms with van der Waals surface area (Å²) in [6, 6.07) is 3.94. The average Bonchev–Trinajstić information content (AvgIpc) is 3.16. The molecule has 1 aliphatic heterocycles. The van der Waals surface area contributed by atoms with Gasteiger partial charge in [0.1, 0.15) is 0 Å². The molecule has 0 unspecified atom stereocenters. The van der Waals surface area contributed by atoms with E-state index in [2.05, 4.69) is 10.3 Å². The third-order valence-corrected chi connectivity index (χ3v) is 5.60. The molecule has 1 N–H and O–H groups in total. The van der Waals surface area contributed by atoms with E-state index in [9.17, 15) is 4.79 Å². The van der Waals surface area contributed by atoms with Crippen LogP contribution in [0.3, 0.4) is 0 Å². The summed E-state index contributed by atoms with van der Waals surface area (Å²) in [7, 11) is 0. The van der Waals surface area contributed by atoms with E-state index >= 15 is 0 Å². The van der Waals surface area contributed by atoms with Crippen LogP contribution < -0.4 is 5.32 Å². The van der Waals surface area contributed by atoms with Crippen LogP contribution in [0.15, 0.2) is 24.5 Å². The Hall–Kier alpha value is -1.42. The zero-order valence-electron chi connectivity index (χ0n) is 12.2. The predicted octanol–water partition coefficient (Wildman–Crippen LogP) is 2.41. The number of amides is 1. The van der Waals surface area contributed by atoms with E-state index in [4.69, 9.17) is 4.74 Å². The molecular formula is C17H22N2O2. The number of rotatable bonds is 3. The molecule has 1 aromatic heterocycles. The van der Waals surface area contributed by atoms with Crippen molar-refractivity contribution in [2.75, 3.05) is 6.61 Å². The molecule has 0 radical (unpaired) electrons. The van der Waals surface area contributed by atoms with Gasteiger partial charge < -0.3 is 10.1 Å². The maximum atomic E-state index is 12.4. The summed E-state index contributed by atoms with van der Waals surface area (Å²) in [6.45, 7) is 0.859. The molecule has 0 spiro atoms. The molecule has 4 nitrogen and oxygen atoms in total. The lowest BCUT2D eigenvalue weighted by Crippen LogP contribution is -2.63. The highest BCUT2D eigenvalue weighted by Gasteiger charge is 2.56. The zero-order valence-corrected chi connectivity index (χ0v) is 12.2. The molecule has 4 heteroatoms. The lowest BCUT2D eigenvalue weighted by Gasteiger charge is -2.50. The molecular weight excluding hydrogens is 264 g/mol. The van der Waals surface area contributed by atoms with Gasteiger partial charge in [-0.2, -0.15) is 0 Å². The summed E-state index contributed by atoms with van der Waals surface area (Å²) in [6.07, 6.45) is 10.1. The second kappa shape index (κ2) is 5.41. The molecule has 2 heterocycles. The SMILES string of the molecule is O=C(N[C@@H]1[C@@H]2CCO[C@@H]2[C@@H]1C1CCCC1)c1cccnc1. The maximum Gasteiger partial charge on any atom is 0.253 e. The van der Waals surface area contributed by atoms with Crippen molar-refractivity contribution >= 4 is 5.91 Å². The van der Waals surface area contributed by atoms with E-state index in [0.29, 0.717) is 29.5 Å². The molecule has 1 saturated heterocycles. The van der Waals surface area contributed by atoms with Crippen LogP contribution in [0, 0.1) is 17.8 Å². The molecule has 112 valence electrons. The molecule has 3 fully saturated rings. The predicted molar refractivity (Wildman–Crippen MR) is 78.8 cm³/mol. The molecule has 0 bridgehead atoms. The van der Waals surface area contributed by atoms with Gasteiger partial charge in [0.2, 0.25) is 0 Å². The Balaban J connectivity index is 1.48. The first-order chi connectivity index (χ1) is 10.3. The molecule has 21 heavy (non-hydrogen) atoms. The van der Waals surface area contributed by atoms with Crippen LogP contribution in [0.2, 0.25) is 0 Å². The highest BCUT2D eigenvalue weighted by molar-refractivity contribution is 5.94. The number of aromatic nitrogens is 1. The fourth-order valence-corrected chi connectivity index (χ4v) is 4.59. The molecule has 2 aliphatic carbocycles. The standard InChI is InChI=1S/C17H22N2O2/c20-17(12-6-3-8-18-10-12)19-15-13-7-9-21-16(13)14(15)11-4-1-2-5-11/h3,6,8,10-11,13-16H,1-2,4-5,7,9H2,(H,19,20)/t13-,14+,15+,16-/m0/s1. The van der Waals surface area contributed by atoms with E-state index in [1.165, 1.54) is 25.7 Å². The highest BCUT2D eigenvalue weighted by atomic mass is 16.5. The third kappa shape index (κ3) is 2.26. The van der Waals surface area contributed by atoms with Crippen molar-refractivity contribution in [3.63, 3.8) is 0 Å². The number of carbonyl (C=O) groups is 1. The van der Waals surface area contributed by atoms with Gasteiger partial charge in [0.05, 0.1) is 11.7 Å². The fraction of sp³-hybridized carbons (Fsp3) is 0.647. The van der Waals surface area contributed by atoms with E-state index in [-0.39, 0.29) is 5.91 Å². The highest BCUT2D eigenvalue weighted by Crippen LogP contribution is 2.51. The van der Waals surface area contributed by atoms with Gasteiger partial charge in [-0.1, -0.05) is 25.7 Å². The number of nitrogens with zero attached hydrogens (tertiary/aromatic N) is 1. The topological polar surface area (TPSA) is 51.2 Å². The Morgan fingerprint density at radius 1 is 1.29 bits per heavy atom. The zero-order chi connectivity index (χ0) is 14.2. The smallest absolute Gasteiger partial charge is 0.253 e. The summed E-state index contributed by atoms with van der Waals surface area (Å²) < 4.78 is 5.93. The van der Waals surface area contributed by atoms with Crippen molar-refractivity contribution in [2.24, 2.45) is 17.8 Å². The Labute approximate surface area is 125 Å². The minimum absolute atomic E-state index is 0.0152. The normalized spacial score (nSPS) is 35.2. The van der Waals surface area contributed by atoms with E-state index < -0.39 is 0 Å². The van der Waals surface area contributed by atoms with Crippen molar-refractivity contribution in [2.45, 2.75) is 44.2 Å². The van der Waals surface area contributed by atoms with Crippen molar-refractivity contribution < 1.29 is 9.53 Å². The Kier molecular flexibility index (Phi) is 3.42. The van der Waals surface area contributed by atoms with Gasteiger partial charge in [0.25, 0.3) is 5.91 Å². The second-order valence-corrected chi connectivity index (χ2v) is 6.65. The van der Waals surface area contributed by atoms with Crippen LogP contribution in [0.5, 0.6) is 0 Å². The van der Waals surface area contributed by atoms with E-state index in [1.807, 2.05) is 12.1 Å². The molecule has 1 aromatic rings. The van der Waals surface area contributed by atoms with Gasteiger partial charge in [0, 0.05) is 36.9 Å². The lowest BCUT2D eigenvalue weighted by atomic mass is 9.61. The first kappa shape index (κ1) is 13.3. The fourth-order valence-electron chi connectivity index (χ4n) is 4.59. The maximum absolute atomic E-state index is 12.4. The minimum atomic E-state index is 0.0152. The molecule has 0 aromatic carbocycles. The quantitative estimate of drug-likeness (QED) is 0.928. The molecule has 4 atom stereocenters. The van der Waals surface area contributed by atoms with Crippen molar-refractivity contribution in [3.8, 4) is 0 Å². The number of ether oxygens (including phenoxy) is 1. The van der Waals surface area contributed by atoms with Crippen LogP contribution in [-0.4, -0.2) is 29.6 Å². The minimum Gasteiger partial charge on any atom is -0.377 e. The summed E-state index contributed by atoms with van der Waals surface area (Å²) >= 11 is 0. The van der Waals surface area contributed by atoms with Gasteiger partial charge >= 0.3 is 0 Å². The van der Waals surface area contributed by atoms with Crippen molar-refractivity contribution in [3.05, 3.63) is 30.1 Å². The van der Waals surface area contributed by atoms with Gasteiger partial charge in [0.15, 0.2) is 0 Å². The number of hydrogen-bond donors (Lipinski definition) is 1. The molecule has 2 saturated carbocycles. The first-order valence-corrected chi connectivity index (χ1v) is 8.17. The summed E-state index contributed by atoms with van der Waals surface area (Å²) in [4.78, 5) is 16.4. The van der Waals surface area contributed by atoms with Crippen LogP contribution >= 0.6 is 0 Å². The average molecular weight is 286 g/mol. The van der Waals surface area contributed by atoms with Crippen LogP contribution in [-0.2, 0) is 4.74 Å². The van der Waals surface area contributed by atoms with Crippen LogP contribution in [0.25, 0.3) is 0 Å². The van der Waals surface area contributed by atoms with Crippen molar-refractivity contribution in [1.29, 1.82) is 0 Å². The van der Waals surface area contributed by atoms with Crippen LogP contribution in [0.4, 0.5) is 0 Å². The summed E-state index contributed by atoms with van der Waals surface area (Å²) in [5.74, 6) is 1.81. The van der Waals surface area contributed by atoms with Gasteiger partial charge in [-0.05, 0) is 24.5 Å². The third-order valence-electron chi connectivity index (χ3n) is 5.60. The monoisotopic (exact) mass is 286 g/mol. The summed E-state index contributed by atoms with van der Waals surface area (Å²) in [5.41, 5.74) is 0.657. The number of pyridine rings is 1. The molecule has 1 amide bonds. The van der Waals surface area contributed by atoms with Gasteiger partial charge in [-0.15, -0.1) is 0 Å². The Bertz CT molecular complexity index is 508. The molecule has 3 aliphatic rings.